The lowest BCUT2D eigenvalue weighted by Crippen LogP contribution is -2.44. The van der Waals surface area contributed by atoms with Gasteiger partial charge in [0.05, 0.1) is 6.04 Å². The summed E-state index contributed by atoms with van der Waals surface area (Å²) in [7, 11) is -1.17. The first-order valence-corrected chi connectivity index (χ1v) is 16.6. The van der Waals surface area contributed by atoms with E-state index in [1.807, 2.05) is 50.8 Å². The molecule has 0 bridgehead atoms. The zero-order chi connectivity index (χ0) is 30.3. The van der Waals surface area contributed by atoms with Gasteiger partial charge in [0.15, 0.2) is 0 Å². The van der Waals surface area contributed by atoms with Crippen LogP contribution in [0, 0.1) is 5.92 Å². The molecule has 1 fully saturated rings. The van der Waals surface area contributed by atoms with Crippen LogP contribution in [-0.2, 0) is 15.0 Å². The maximum atomic E-state index is 14.1. The Morgan fingerprint density at radius 1 is 0.929 bits per heavy atom. The van der Waals surface area contributed by atoms with Crippen LogP contribution in [0.2, 0.25) is 0 Å². The van der Waals surface area contributed by atoms with Crippen LogP contribution in [0.25, 0.3) is 6.08 Å². The van der Waals surface area contributed by atoms with Crippen molar-refractivity contribution >= 4 is 33.8 Å². The van der Waals surface area contributed by atoms with E-state index in [2.05, 4.69) is 33.9 Å². The average molecular weight is 593 g/mol. The largest absolute Gasteiger partial charge is 0.359 e. The summed E-state index contributed by atoms with van der Waals surface area (Å²) in [5.74, 6) is 0.0359. The molecule has 0 spiro atoms. The van der Waals surface area contributed by atoms with Gasteiger partial charge in [0.1, 0.15) is 0 Å². The van der Waals surface area contributed by atoms with Gasteiger partial charge in [-0.05, 0) is 81.4 Å². The number of anilines is 1. The number of carbonyl (C=O) groups excluding carboxylic acids is 2. The van der Waals surface area contributed by atoms with E-state index in [0.717, 1.165) is 28.4 Å². The molecule has 0 aromatic heterocycles. The second-order valence-electron chi connectivity index (χ2n) is 12.7. The van der Waals surface area contributed by atoms with E-state index in [9.17, 15) is 18.0 Å². The fraction of sp³-hybridized carbons (Fsp3) is 0.515. The van der Waals surface area contributed by atoms with Crippen LogP contribution < -0.4 is 9.62 Å². The molecular formula is C33H44N4O4S. The highest BCUT2D eigenvalue weighted by atomic mass is 32.2. The van der Waals surface area contributed by atoms with Gasteiger partial charge in [-0.3, -0.25) is 9.59 Å². The van der Waals surface area contributed by atoms with Gasteiger partial charge in [-0.15, -0.1) is 0 Å². The molecule has 1 N–H and O–H groups in total. The van der Waals surface area contributed by atoms with Gasteiger partial charge in [0, 0.05) is 55.5 Å². The van der Waals surface area contributed by atoms with Crippen LogP contribution >= 0.6 is 0 Å². The van der Waals surface area contributed by atoms with Gasteiger partial charge in [0.25, 0.3) is 11.8 Å². The minimum absolute atomic E-state index is 0.0104. The summed E-state index contributed by atoms with van der Waals surface area (Å²) in [6, 6.07) is 14.1. The van der Waals surface area contributed by atoms with Crippen molar-refractivity contribution < 1.29 is 18.0 Å². The molecular weight excluding hydrogens is 548 g/mol. The summed E-state index contributed by atoms with van der Waals surface area (Å²) in [5.41, 5.74) is 5.32. The summed E-state index contributed by atoms with van der Waals surface area (Å²) in [5, 5.41) is 0. The van der Waals surface area contributed by atoms with Crippen LogP contribution in [0.4, 0.5) is 5.69 Å². The number of hydrogen-bond acceptors (Lipinski definition) is 5. The quantitative estimate of drug-likeness (QED) is 0.459. The first-order valence-electron chi connectivity index (χ1n) is 15.2. The molecule has 2 heterocycles. The summed E-state index contributed by atoms with van der Waals surface area (Å²) in [4.78, 5) is 31.5. The van der Waals surface area contributed by atoms with Crippen molar-refractivity contribution in [2.24, 2.45) is 5.92 Å². The molecule has 2 amide bonds. The first-order chi connectivity index (χ1) is 19.9. The summed E-state index contributed by atoms with van der Waals surface area (Å²) < 4.78 is 28.0. The van der Waals surface area contributed by atoms with Gasteiger partial charge >= 0.3 is 10.2 Å². The number of rotatable bonds is 7. The van der Waals surface area contributed by atoms with Crippen molar-refractivity contribution in [1.29, 1.82) is 0 Å². The summed E-state index contributed by atoms with van der Waals surface area (Å²) >= 11 is 0. The van der Waals surface area contributed by atoms with Crippen LogP contribution in [0.3, 0.4) is 0 Å². The number of fused-ring (bicyclic) bond motifs is 5. The number of nitrogens with one attached hydrogen (secondary N) is 1. The lowest BCUT2D eigenvalue weighted by atomic mass is 9.73. The van der Waals surface area contributed by atoms with Gasteiger partial charge in [-0.25, -0.2) is 4.72 Å². The van der Waals surface area contributed by atoms with E-state index in [1.54, 1.807) is 6.07 Å². The third kappa shape index (κ3) is 5.61. The molecule has 5 rings (SSSR count). The zero-order valence-corrected chi connectivity index (χ0v) is 26.4. The Labute approximate surface area is 250 Å². The van der Waals surface area contributed by atoms with E-state index in [1.165, 1.54) is 44.5 Å². The molecule has 0 saturated heterocycles. The van der Waals surface area contributed by atoms with Gasteiger partial charge in [-0.2, -0.15) is 12.7 Å². The standard InChI is InChI=1S/C33H44N4O4S/c1-21(2)37(22(3)4)33(39)26-18-24-14-10-11-15-27(24)31-30(23-12-8-7-9-13-23)28-17-16-25(19-29(28)36(31)20-26)32(38)34-42(40,41)35(5)6/h10-11,14-19,21-23,30-31H,7-9,12-13,20H2,1-6H3,(H,34,38). The second-order valence-corrected chi connectivity index (χ2v) is 14.6. The normalized spacial score (nSPS) is 20.6. The predicted octanol–water partition coefficient (Wildman–Crippen LogP) is 5.49. The van der Waals surface area contributed by atoms with Gasteiger partial charge in [0.2, 0.25) is 0 Å². The van der Waals surface area contributed by atoms with Crippen LogP contribution in [0.5, 0.6) is 0 Å². The minimum atomic E-state index is -3.94. The fourth-order valence-electron chi connectivity index (χ4n) is 7.24. The highest BCUT2D eigenvalue weighted by Crippen LogP contribution is 2.56. The van der Waals surface area contributed by atoms with E-state index in [-0.39, 0.29) is 35.5 Å². The molecule has 0 radical (unpaired) electrons. The Balaban J connectivity index is 1.64. The highest BCUT2D eigenvalue weighted by molar-refractivity contribution is 7.87. The van der Waals surface area contributed by atoms with E-state index in [0.29, 0.717) is 18.0 Å². The molecule has 226 valence electrons. The Kier molecular flexibility index (Phi) is 8.54. The third-order valence-electron chi connectivity index (χ3n) is 9.10. The Morgan fingerprint density at radius 3 is 2.24 bits per heavy atom. The third-order valence-corrected chi connectivity index (χ3v) is 10.5. The van der Waals surface area contributed by atoms with E-state index < -0.39 is 16.1 Å². The molecule has 1 saturated carbocycles. The fourth-order valence-corrected chi connectivity index (χ4v) is 7.77. The van der Waals surface area contributed by atoms with Gasteiger partial charge < -0.3 is 9.80 Å². The average Bonchev–Trinajstić information content (AvgIpc) is 3.15. The molecule has 9 heteroatoms. The lowest BCUT2D eigenvalue weighted by molar-refractivity contribution is -0.130. The Bertz CT molecular complexity index is 1480. The Hall–Kier alpha value is -3.17. The van der Waals surface area contributed by atoms with Crippen molar-refractivity contribution in [3.8, 4) is 0 Å². The molecule has 3 aliphatic rings. The molecule has 2 aromatic carbocycles. The van der Waals surface area contributed by atoms with Crippen LogP contribution in [-0.4, -0.2) is 62.2 Å². The van der Waals surface area contributed by atoms with Crippen molar-refractivity contribution in [2.45, 2.75) is 83.8 Å². The summed E-state index contributed by atoms with van der Waals surface area (Å²) in [6.45, 7) is 8.59. The van der Waals surface area contributed by atoms with Crippen molar-refractivity contribution in [2.75, 3.05) is 25.5 Å². The molecule has 2 atom stereocenters. The number of hydrogen-bond donors (Lipinski definition) is 1. The predicted molar refractivity (Wildman–Crippen MR) is 167 cm³/mol. The molecule has 42 heavy (non-hydrogen) atoms. The number of benzene rings is 2. The molecule has 2 aliphatic heterocycles. The SMILES string of the molecule is CC(C)N(C(=O)C1=Cc2ccccc2C2C(C3CCCCC3)c3ccc(C(=O)NS(=O)(=O)N(C)C)cc3N2C1)C(C)C. The number of carbonyl (C=O) groups is 2. The maximum Gasteiger partial charge on any atom is 0.303 e. The summed E-state index contributed by atoms with van der Waals surface area (Å²) in [6.07, 6.45) is 8.01. The molecule has 2 unspecified atom stereocenters. The van der Waals surface area contributed by atoms with E-state index in [4.69, 9.17) is 0 Å². The van der Waals surface area contributed by atoms with Crippen molar-refractivity contribution in [1.82, 2.24) is 13.9 Å². The number of nitrogens with zero attached hydrogens (tertiary/aromatic N) is 3. The smallest absolute Gasteiger partial charge is 0.303 e. The number of amides is 2. The second kappa shape index (κ2) is 11.8. The Morgan fingerprint density at radius 2 is 1.60 bits per heavy atom. The van der Waals surface area contributed by atoms with Crippen molar-refractivity contribution in [3.63, 3.8) is 0 Å². The van der Waals surface area contributed by atoms with Gasteiger partial charge in [-0.1, -0.05) is 49.6 Å². The van der Waals surface area contributed by atoms with Crippen LogP contribution in [0.15, 0.2) is 48.0 Å². The topological polar surface area (TPSA) is 90.0 Å². The lowest BCUT2D eigenvalue weighted by Gasteiger charge is -2.36. The highest BCUT2D eigenvalue weighted by Gasteiger charge is 2.46. The monoisotopic (exact) mass is 592 g/mol. The maximum absolute atomic E-state index is 14.1. The van der Waals surface area contributed by atoms with Crippen LogP contribution in [0.1, 0.15) is 98.8 Å². The van der Waals surface area contributed by atoms with E-state index >= 15 is 0 Å². The first kappa shape index (κ1) is 30.3. The van der Waals surface area contributed by atoms with Crippen molar-refractivity contribution in [3.05, 3.63) is 70.3 Å². The molecule has 2 aromatic rings. The molecule has 8 nitrogen and oxygen atoms in total. The minimum Gasteiger partial charge on any atom is -0.359 e. The zero-order valence-electron chi connectivity index (χ0n) is 25.6. The molecule has 1 aliphatic carbocycles.